The van der Waals surface area contributed by atoms with Crippen molar-refractivity contribution in [1.82, 2.24) is 4.90 Å². The fourth-order valence-electron chi connectivity index (χ4n) is 4.37. The third-order valence-electron chi connectivity index (χ3n) is 6.49. The highest BCUT2D eigenvalue weighted by Gasteiger charge is 2.40. The van der Waals surface area contributed by atoms with Crippen molar-refractivity contribution in [1.29, 1.82) is 0 Å². The van der Waals surface area contributed by atoms with E-state index in [1.807, 2.05) is 24.8 Å². The molecule has 3 aliphatic rings. The number of amides is 1. The van der Waals surface area contributed by atoms with Crippen LogP contribution in [0.3, 0.4) is 0 Å². The van der Waals surface area contributed by atoms with Gasteiger partial charge in [0.15, 0.2) is 12.1 Å². The van der Waals surface area contributed by atoms with Crippen LogP contribution in [0.1, 0.15) is 79.6 Å². The Morgan fingerprint density at radius 1 is 1.09 bits per heavy atom. The van der Waals surface area contributed by atoms with Crippen molar-refractivity contribution < 1.29 is 19.1 Å². The summed E-state index contributed by atoms with van der Waals surface area (Å²) in [7, 11) is 0. The van der Waals surface area contributed by atoms with Gasteiger partial charge in [-0.3, -0.25) is 9.59 Å². The molecule has 35 heavy (non-hydrogen) atoms. The molecule has 0 aromatic rings. The fourth-order valence-corrected chi connectivity index (χ4v) is 4.37. The molecule has 5 nitrogen and oxygen atoms in total. The van der Waals surface area contributed by atoms with Crippen molar-refractivity contribution in [2.45, 2.75) is 92.0 Å². The minimum absolute atomic E-state index is 0.0391. The first-order chi connectivity index (χ1) is 16.6. The third kappa shape index (κ3) is 9.73. The first-order valence-electron chi connectivity index (χ1n) is 13.0. The number of fused-ring (bicyclic) bond motifs is 1. The second-order valence-corrected chi connectivity index (χ2v) is 10.4. The molecule has 3 unspecified atom stereocenters. The van der Waals surface area contributed by atoms with E-state index < -0.39 is 6.29 Å². The van der Waals surface area contributed by atoms with Crippen LogP contribution in [-0.4, -0.2) is 48.7 Å². The molecule has 2 aliphatic heterocycles. The van der Waals surface area contributed by atoms with Gasteiger partial charge in [-0.25, -0.2) is 0 Å². The molecule has 1 aliphatic carbocycles. The van der Waals surface area contributed by atoms with E-state index in [0.29, 0.717) is 24.2 Å². The van der Waals surface area contributed by atoms with Gasteiger partial charge in [-0.2, -0.15) is 0 Å². The Labute approximate surface area is 212 Å². The monoisotopic (exact) mass is 483 g/mol. The number of Topliss-reactive ketones (excluding diaryl/α,β-unsaturated/α-hetero) is 1. The van der Waals surface area contributed by atoms with E-state index in [1.54, 1.807) is 6.08 Å². The largest absolute Gasteiger partial charge is 0.349 e. The van der Waals surface area contributed by atoms with Crippen molar-refractivity contribution in [2.24, 2.45) is 5.92 Å². The van der Waals surface area contributed by atoms with Gasteiger partial charge in [-0.1, -0.05) is 22.8 Å². The lowest BCUT2D eigenvalue weighted by molar-refractivity contribution is -0.156. The number of ketones is 1. The molecule has 2 heterocycles. The Balaban J connectivity index is 0.000000410. The first-order valence-corrected chi connectivity index (χ1v) is 13.0. The molecule has 0 radical (unpaired) electrons. The molecule has 0 N–H and O–H groups in total. The van der Waals surface area contributed by atoms with Crippen LogP contribution in [0.4, 0.5) is 0 Å². The molecule has 0 aromatic heterocycles. The number of rotatable bonds is 8. The van der Waals surface area contributed by atoms with E-state index in [9.17, 15) is 9.59 Å². The summed E-state index contributed by atoms with van der Waals surface area (Å²) in [5.41, 5.74) is 5.11. The predicted molar refractivity (Wildman–Crippen MR) is 143 cm³/mol. The highest BCUT2D eigenvalue weighted by Crippen LogP contribution is 2.36. The van der Waals surface area contributed by atoms with Gasteiger partial charge in [0.1, 0.15) is 0 Å². The van der Waals surface area contributed by atoms with Crippen LogP contribution in [0.15, 0.2) is 59.3 Å². The molecular weight excluding hydrogens is 438 g/mol. The number of likely N-dealkylation sites (tertiary alicyclic amines) is 1. The number of ether oxygens (including phenoxy) is 2. The van der Waals surface area contributed by atoms with E-state index in [1.165, 1.54) is 17.6 Å². The quantitative estimate of drug-likeness (QED) is 0.371. The Kier molecular flexibility index (Phi) is 11.9. The second kappa shape index (κ2) is 14.4. The summed E-state index contributed by atoms with van der Waals surface area (Å²) >= 11 is 0. The van der Waals surface area contributed by atoms with Crippen molar-refractivity contribution in [3.63, 3.8) is 0 Å². The lowest BCUT2D eigenvalue weighted by Crippen LogP contribution is -2.45. The average molecular weight is 484 g/mol. The van der Waals surface area contributed by atoms with Crippen LogP contribution in [0.5, 0.6) is 0 Å². The van der Waals surface area contributed by atoms with Gasteiger partial charge in [0.05, 0.1) is 12.7 Å². The molecule has 0 spiro atoms. The minimum Gasteiger partial charge on any atom is -0.349 e. The van der Waals surface area contributed by atoms with Crippen LogP contribution in [-0.2, 0) is 19.1 Å². The molecule has 3 rings (SSSR count). The summed E-state index contributed by atoms with van der Waals surface area (Å²) in [6.07, 6.45) is 11.7. The predicted octanol–water partition coefficient (Wildman–Crippen LogP) is 6.48. The Morgan fingerprint density at radius 3 is 2.34 bits per heavy atom. The zero-order valence-electron chi connectivity index (χ0n) is 22.5. The van der Waals surface area contributed by atoms with Crippen LogP contribution in [0, 0.1) is 5.92 Å². The average Bonchev–Trinajstić information content (AvgIpc) is 2.79. The maximum Gasteiger partial charge on any atom is 0.250 e. The van der Waals surface area contributed by atoms with Gasteiger partial charge in [0, 0.05) is 31.0 Å². The van der Waals surface area contributed by atoms with Gasteiger partial charge < -0.3 is 14.4 Å². The molecule has 0 aromatic carbocycles. The molecule has 0 saturated carbocycles. The molecule has 194 valence electrons. The highest BCUT2D eigenvalue weighted by atomic mass is 16.7. The zero-order chi connectivity index (χ0) is 26.0. The van der Waals surface area contributed by atoms with E-state index in [4.69, 9.17) is 9.47 Å². The Hall–Kier alpha value is -2.24. The summed E-state index contributed by atoms with van der Waals surface area (Å²) in [4.78, 5) is 27.2. The molecule has 1 amide bonds. The number of hydrogen-bond donors (Lipinski definition) is 0. The minimum atomic E-state index is -0.559. The zero-order valence-corrected chi connectivity index (χ0v) is 22.5. The van der Waals surface area contributed by atoms with Crippen LogP contribution >= 0.6 is 0 Å². The van der Waals surface area contributed by atoms with Crippen molar-refractivity contribution in [3.05, 3.63) is 59.3 Å². The maximum atomic E-state index is 13.1. The first kappa shape index (κ1) is 29.0. The molecule has 1 saturated heterocycles. The SMILES string of the molecule is C=C(C)CCC=C(C)C.C=C(C)CCOC1C=C(C(=O)N2CCCCC2)C2CC(=O)C(C)=CC2O1. The van der Waals surface area contributed by atoms with Crippen molar-refractivity contribution in [2.75, 3.05) is 19.7 Å². The summed E-state index contributed by atoms with van der Waals surface area (Å²) in [5.74, 6) is -0.0762. The summed E-state index contributed by atoms with van der Waals surface area (Å²) in [5, 5.41) is 0. The molecular formula is C30H45NO4. The smallest absolute Gasteiger partial charge is 0.250 e. The van der Waals surface area contributed by atoms with Crippen molar-refractivity contribution in [3.8, 4) is 0 Å². The molecule has 3 atom stereocenters. The number of carbonyl (C=O) groups is 2. The van der Waals surface area contributed by atoms with Crippen LogP contribution in [0.25, 0.3) is 0 Å². The number of hydrogen-bond acceptors (Lipinski definition) is 4. The lowest BCUT2D eigenvalue weighted by atomic mass is 9.79. The summed E-state index contributed by atoms with van der Waals surface area (Å²) < 4.78 is 11.9. The summed E-state index contributed by atoms with van der Waals surface area (Å²) in [6, 6.07) is 0. The molecule has 0 bridgehead atoms. The molecule has 5 heteroatoms. The topological polar surface area (TPSA) is 55.8 Å². The fraction of sp³-hybridized carbons (Fsp3) is 0.600. The lowest BCUT2D eigenvalue weighted by Gasteiger charge is -2.38. The third-order valence-corrected chi connectivity index (χ3v) is 6.49. The number of nitrogens with zero attached hydrogens (tertiary/aromatic N) is 1. The van der Waals surface area contributed by atoms with Gasteiger partial charge in [0.25, 0.3) is 0 Å². The standard InChI is InChI=1S/C21H29NO4.C9H16/c1-14(2)7-10-25-20-13-17(21(24)22-8-5-4-6-9-22)16-12-18(23)15(3)11-19(16)26-20;1-8(2)6-5-7-9(3)4/h11,13,16,19-20H,1,4-10,12H2,2-3H3;7H,1,5-6H2,2-4H3. The number of carbonyl (C=O) groups excluding carboxylic acids is 2. The van der Waals surface area contributed by atoms with Crippen molar-refractivity contribution >= 4 is 11.7 Å². The van der Waals surface area contributed by atoms with Gasteiger partial charge in [-0.05, 0) is 90.9 Å². The summed E-state index contributed by atoms with van der Waals surface area (Å²) in [6.45, 7) is 19.9. The molecule has 1 fully saturated rings. The Morgan fingerprint density at radius 2 is 1.74 bits per heavy atom. The highest BCUT2D eigenvalue weighted by molar-refractivity contribution is 6.00. The van der Waals surface area contributed by atoms with E-state index in [2.05, 4.69) is 40.0 Å². The number of allylic oxidation sites excluding steroid dienone is 4. The normalized spacial score (nSPS) is 23.7. The van der Waals surface area contributed by atoms with E-state index >= 15 is 0 Å². The Bertz CT molecular complexity index is 869. The van der Waals surface area contributed by atoms with Gasteiger partial charge >= 0.3 is 0 Å². The van der Waals surface area contributed by atoms with Gasteiger partial charge in [-0.15, -0.1) is 13.2 Å². The van der Waals surface area contributed by atoms with E-state index in [-0.39, 0.29) is 23.7 Å². The van der Waals surface area contributed by atoms with Gasteiger partial charge in [0.2, 0.25) is 5.91 Å². The second-order valence-electron chi connectivity index (χ2n) is 10.4. The van der Waals surface area contributed by atoms with Crippen LogP contribution < -0.4 is 0 Å². The van der Waals surface area contributed by atoms with Crippen LogP contribution in [0.2, 0.25) is 0 Å². The van der Waals surface area contributed by atoms with E-state index in [0.717, 1.165) is 50.8 Å². The number of piperidine rings is 1. The maximum absolute atomic E-state index is 13.1.